The number of carbonyl (C=O) groups is 2. The van der Waals surface area contributed by atoms with E-state index in [4.69, 9.17) is 11.6 Å². The van der Waals surface area contributed by atoms with E-state index in [2.05, 4.69) is 16.0 Å². The Balaban J connectivity index is 1.80. The van der Waals surface area contributed by atoms with Gasteiger partial charge in [-0.15, -0.1) is 0 Å². The average molecular weight is 332 g/mol. The molecule has 2 aromatic rings. The Morgan fingerprint density at radius 1 is 0.957 bits per heavy atom. The average Bonchev–Trinajstić information content (AvgIpc) is 2.49. The molecule has 0 aliphatic carbocycles. The van der Waals surface area contributed by atoms with Crippen LogP contribution in [0.2, 0.25) is 5.02 Å². The van der Waals surface area contributed by atoms with Crippen molar-refractivity contribution in [2.75, 3.05) is 22.5 Å². The van der Waals surface area contributed by atoms with Gasteiger partial charge in [-0.2, -0.15) is 0 Å². The van der Waals surface area contributed by atoms with Gasteiger partial charge in [0.2, 0.25) is 11.8 Å². The van der Waals surface area contributed by atoms with Gasteiger partial charge in [0, 0.05) is 42.0 Å². The van der Waals surface area contributed by atoms with Crippen molar-refractivity contribution >= 4 is 40.5 Å². The molecule has 23 heavy (non-hydrogen) atoms. The van der Waals surface area contributed by atoms with Crippen LogP contribution in [0.4, 0.5) is 17.1 Å². The number of halogens is 1. The largest absolute Gasteiger partial charge is 0.385 e. The summed E-state index contributed by atoms with van der Waals surface area (Å²) in [5, 5.41) is 9.30. The first-order chi connectivity index (χ1) is 11.0. The van der Waals surface area contributed by atoms with Crippen LogP contribution in [0.3, 0.4) is 0 Å². The monoisotopic (exact) mass is 331 g/mol. The lowest BCUT2D eigenvalue weighted by Gasteiger charge is -2.09. The summed E-state index contributed by atoms with van der Waals surface area (Å²) in [5.41, 5.74) is 2.21. The summed E-state index contributed by atoms with van der Waals surface area (Å²) in [4.78, 5) is 23.0. The van der Waals surface area contributed by atoms with Crippen LogP contribution in [0.5, 0.6) is 0 Å². The third-order valence-electron chi connectivity index (χ3n) is 2.99. The van der Waals surface area contributed by atoms with E-state index in [1.54, 1.807) is 36.4 Å². The van der Waals surface area contributed by atoms with Crippen LogP contribution in [-0.4, -0.2) is 18.4 Å². The number of hydrogen-bond acceptors (Lipinski definition) is 3. The van der Waals surface area contributed by atoms with Gasteiger partial charge in [-0.25, -0.2) is 0 Å². The van der Waals surface area contributed by atoms with E-state index in [1.165, 1.54) is 6.92 Å². The molecular weight excluding hydrogens is 314 g/mol. The fourth-order valence-corrected chi connectivity index (χ4v) is 2.12. The summed E-state index contributed by atoms with van der Waals surface area (Å²) in [7, 11) is 0. The van der Waals surface area contributed by atoms with Crippen LogP contribution in [0.15, 0.2) is 48.5 Å². The van der Waals surface area contributed by atoms with E-state index >= 15 is 0 Å². The van der Waals surface area contributed by atoms with Crippen molar-refractivity contribution in [3.63, 3.8) is 0 Å². The number of amides is 2. The number of anilines is 3. The normalized spacial score (nSPS) is 10.0. The van der Waals surface area contributed by atoms with E-state index in [9.17, 15) is 9.59 Å². The van der Waals surface area contributed by atoms with Crippen molar-refractivity contribution < 1.29 is 9.59 Å². The number of hydrogen-bond donors (Lipinski definition) is 3. The molecule has 0 radical (unpaired) electrons. The molecule has 0 saturated carbocycles. The van der Waals surface area contributed by atoms with Gasteiger partial charge in [0.15, 0.2) is 0 Å². The summed E-state index contributed by atoms with van der Waals surface area (Å²) in [6.07, 6.45) is 0.326. The van der Waals surface area contributed by atoms with Gasteiger partial charge in [0.05, 0.1) is 0 Å². The highest BCUT2D eigenvalue weighted by atomic mass is 35.5. The third kappa shape index (κ3) is 6.00. The highest BCUT2D eigenvalue weighted by Crippen LogP contribution is 2.16. The van der Waals surface area contributed by atoms with E-state index in [-0.39, 0.29) is 11.8 Å². The van der Waals surface area contributed by atoms with Crippen LogP contribution in [-0.2, 0) is 9.59 Å². The van der Waals surface area contributed by atoms with Gasteiger partial charge in [0.25, 0.3) is 0 Å². The van der Waals surface area contributed by atoms with Crippen LogP contribution < -0.4 is 16.0 Å². The third-order valence-corrected chi connectivity index (χ3v) is 3.24. The number of carbonyl (C=O) groups excluding carboxylic acids is 2. The molecule has 2 aromatic carbocycles. The topological polar surface area (TPSA) is 70.2 Å². The van der Waals surface area contributed by atoms with Gasteiger partial charge in [-0.3, -0.25) is 9.59 Å². The first kappa shape index (κ1) is 16.8. The minimum Gasteiger partial charge on any atom is -0.385 e. The highest BCUT2D eigenvalue weighted by molar-refractivity contribution is 6.30. The molecule has 0 atom stereocenters. The lowest BCUT2D eigenvalue weighted by Crippen LogP contribution is -2.16. The van der Waals surface area contributed by atoms with Crippen molar-refractivity contribution in [1.82, 2.24) is 0 Å². The van der Waals surface area contributed by atoms with Crippen molar-refractivity contribution in [3.05, 3.63) is 53.6 Å². The molecule has 2 rings (SSSR count). The first-order valence-corrected chi connectivity index (χ1v) is 7.58. The zero-order valence-electron chi connectivity index (χ0n) is 12.7. The molecule has 0 aliphatic heterocycles. The zero-order valence-corrected chi connectivity index (χ0v) is 13.5. The fourth-order valence-electron chi connectivity index (χ4n) is 1.99. The Hall–Kier alpha value is -2.53. The molecule has 0 fully saturated rings. The predicted molar refractivity (Wildman–Crippen MR) is 93.9 cm³/mol. The minimum absolute atomic E-state index is 0.105. The van der Waals surface area contributed by atoms with E-state index in [0.717, 1.165) is 5.69 Å². The molecule has 0 spiro atoms. The smallest absolute Gasteiger partial charge is 0.226 e. The maximum absolute atomic E-state index is 11.9. The molecule has 0 unspecified atom stereocenters. The molecule has 0 aromatic heterocycles. The Kier molecular flexibility index (Phi) is 6.00. The molecule has 0 bridgehead atoms. The first-order valence-electron chi connectivity index (χ1n) is 7.20. The molecule has 120 valence electrons. The molecule has 0 heterocycles. The van der Waals surface area contributed by atoms with Crippen LogP contribution >= 0.6 is 11.6 Å². The van der Waals surface area contributed by atoms with Crippen molar-refractivity contribution in [1.29, 1.82) is 0 Å². The Bertz CT molecular complexity index is 686. The van der Waals surface area contributed by atoms with Gasteiger partial charge in [-0.05, 0) is 42.5 Å². The molecule has 6 heteroatoms. The van der Waals surface area contributed by atoms with Crippen LogP contribution in [0.25, 0.3) is 0 Å². The molecule has 3 N–H and O–H groups in total. The summed E-state index contributed by atoms with van der Waals surface area (Å²) < 4.78 is 0. The van der Waals surface area contributed by atoms with Crippen LogP contribution in [0, 0.1) is 0 Å². The second-order valence-corrected chi connectivity index (χ2v) is 5.43. The SMILES string of the molecule is CC(=O)Nc1cccc(NC(=O)CCNc2ccc(Cl)cc2)c1. The quantitative estimate of drug-likeness (QED) is 0.755. The second kappa shape index (κ2) is 8.19. The zero-order chi connectivity index (χ0) is 16.7. The van der Waals surface area contributed by atoms with E-state index in [1.807, 2.05) is 12.1 Å². The van der Waals surface area contributed by atoms with E-state index in [0.29, 0.717) is 29.4 Å². The molecular formula is C17H18ClN3O2. The summed E-state index contributed by atoms with van der Waals surface area (Å²) in [6, 6.07) is 14.3. The lowest BCUT2D eigenvalue weighted by atomic mass is 10.2. The van der Waals surface area contributed by atoms with Crippen LogP contribution in [0.1, 0.15) is 13.3 Å². The number of nitrogens with one attached hydrogen (secondary N) is 3. The summed E-state index contributed by atoms with van der Waals surface area (Å²) in [5.74, 6) is -0.257. The van der Waals surface area contributed by atoms with Crippen molar-refractivity contribution in [2.45, 2.75) is 13.3 Å². The summed E-state index contributed by atoms with van der Waals surface area (Å²) in [6.45, 7) is 1.95. The molecule has 0 saturated heterocycles. The van der Waals surface area contributed by atoms with E-state index < -0.39 is 0 Å². The van der Waals surface area contributed by atoms with Crippen molar-refractivity contribution in [2.24, 2.45) is 0 Å². The maximum Gasteiger partial charge on any atom is 0.226 e. The number of rotatable bonds is 6. The van der Waals surface area contributed by atoms with Gasteiger partial charge < -0.3 is 16.0 Å². The second-order valence-electron chi connectivity index (χ2n) is 4.99. The fraction of sp³-hybridized carbons (Fsp3) is 0.176. The van der Waals surface area contributed by atoms with Gasteiger partial charge in [0.1, 0.15) is 0 Å². The van der Waals surface area contributed by atoms with Gasteiger partial charge >= 0.3 is 0 Å². The minimum atomic E-state index is -0.152. The Labute approximate surface area is 140 Å². The molecule has 0 aliphatic rings. The maximum atomic E-state index is 11.9. The summed E-state index contributed by atoms with van der Waals surface area (Å²) >= 11 is 5.81. The number of benzene rings is 2. The lowest BCUT2D eigenvalue weighted by molar-refractivity contribution is -0.116. The predicted octanol–water partition coefficient (Wildman–Crippen LogP) is 3.74. The highest BCUT2D eigenvalue weighted by Gasteiger charge is 2.04. The van der Waals surface area contributed by atoms with Crippen molar-refractivity contribution in [3.8, 4) is 0 Å². The standard InChI is InChI=1S/C17H18ClN3O2/c1-12(22)20-15-3-2-4-16(11-15)21-17(23)9-10-19-14-7-5-13(18)6-8-14/h2-8,11,19H,9-10H2,1H3,(H,20,22)(H,21,23). The van der Waals surface area contributed by atoms with Gasteiger partial charge in [-0.1, -0.05) is 17.7 Å². The Morgan fingerprint density at radius 2 is 1.61 bits per heavy atom. The molecule has 2 amide bonds. The Morgan fingerprint density at radius 3 is 2.26 bits per heavy atom. The molecule has 5 nitrogen and oxygen atoms in total.